The maximum atomic E-state index is 13.2. The summed E-state index contributed by atoms with van der Waals surface area (Å²) in [5.74, 6) is -2.53. The third kappa shape index (κ3) is 4.66. The molecule has 36 heavy (non-hydrogen) atoms. The molecular formula is C22H25F3N6O4S. The summed E-state index contributed by atoms with van der Waals surface area (Å²) in [5.41, 5.74) is 5.68. The molecule has 5 rings (SSSR count). The summed E-state index contributed by atoms with van der Waals surface area (Å²) in [5, 5.41) is 14.5. The van der Waals surface area contributed by atoms with Crippen molar-refractivity contribution in [1.82, 2.24) is 15.1 Å². The van der Waals surface area contributed by atoms with E-state index in [1.54, 1.807) is 5.32 Å². The fourth-order valence-electron chi connectivity index (χ4n) is 5.12. The monoisotopic (exact) mass is 526 g/mol. The number of nitrogens with two attached hydrogens (primary N) is 1. The number of urea groups is 1. The van der Waals surface area contributed by atoms with Crippen molar-refractivity contribution < 1.29 is 31.7 Å². The molecule has 0 saturated carbocycles. The Morgan fingerprint density at radius 2 is 1.92 bits per heavy atom. The summed E-state index contributed by atoms with van der Waals surface area (Å²) in [6.45, 7) is -0.265. The first-order chi connectivity index (χ1) is 17.0. The molecule has 0 bridgehead atoms. The highest BCUT2D eigenvalue weighted by atomic mass is 32.2. The second kappa shape index (κ2) is 9.07. The third-order valence-corrected chi connectivity index (χ3v) is 8.06. The van der Waals surface area contributed by atoms with Gasteiger partial charge in [0.15, 0.2) is 9.92 Å². The molecule has 1 aromatic heterocycles. The number of benzene rings is 1. The molecule has 0 saturated heterocycles. The van der Waals surface area contributed by atoms with Crippen LogP contribution in [-0.4, -0.2) is 45.3 Å². The maximum Gasteiger partial charge on any atom is 0.471 e. The number of alkyl halides is 3. The van der Waals surface area contributed by atoms with Gasteiger partial charge >= 0.3 is 18.1 Å². The highest BCUT2D eigenvalue weighted by Gasteiger charge is 2.39. The van der Waals surface area contributed by atoms with Crippen LogP contribution in [0, 0.1) is 5.92 Å². The molecule has 1 aliphatic heterocycles. The number of amides is 3. The molecule has 10 nitrogen and oxygen atoms in total. The fraction of sp³-hybridized carbons (Fsp3) is 0.500. The number of fused-ring (bicyclic) bond motifs is 4. The van der Waals surface area contributed by atoms with Crippen molar-refractivity contribution in [3.05, 3.63) is 34.5 Å². The van der Waals surface area contributed by atoms with Gasteiger partial charge in [-0.3, -0.25) is 4.79 Å². The molecule has 3 amide bonds. The summed E-state index contributed by atoms with van der Waals surface area (Å²) < 4.78 is 60.9. The minimum absolute atomic E-state index is 0.0240. The van der Waals surface area contributed by atoms with Crippen LogP contribution < -0.4 is 20.5 Å². The number of carbonyl (C=O) groups is 2. The third-order valence-electron chi connectivity index (χ3n) is 6.72. The molecule has 194 valence electrons. The molecule has 2 heterocycles. The van der Waals surface area contributed by atoms with Crippen LogP contribution in [0.4, 0.5) is 23.7 Å². The number of aryl methyl sites for hydroxylation is 1. The molecule has 2 aliphatic carbocycles. The van der Waals surface area contributed by atoms with E-state index in [1.807, 2.05) is 6.07 Å². The largest absolute Gasteiger partial charge is 0.476 e. The number of carbonyl (C=O) groups excluding carboxylic acids is 2. The normalized spacial score (nSPS) is 19.9. The number of aromatic nitrogens is 2. The Morgan fingerprint density at radius 1 is 1.19 bits per heavy atom. The Balaban J connectivity index is 1.30. The SMILES string of the molecule is NS(=O)(=NC(=O)Nc1cc2c(c3c1CCC3)CCC2)c1cnn2c1OCC(CNC(=O)C(F)(F)F)C2. The highest BCUT2D eigenvalue weighted by Crippen LogP contribution is 2.38. The first-order valence-corrected chi connectivity index (χ1v) is 13.2. The van der Waals surface area contributed by atoms with E-state index in [2.05, 4.69) is 14.8 Å². The lowest BCUT2D eigenvalue weighted by Gasteiger charge is -2.25. The lowest BCUT2D eigenvalue weighted by atomic mass is 9.98. The number of hydrogen-bond acceptors (Lipinski definition) is 5. The molecule has 2 unspecified atom stereocenters. The van der Waals surface area contributed by atoms with E-state index in [9.17, 15) is 27.0 Å². The van der Waals surface area contributed by atoms with Crippen LogP contribution in [0.2, 0.25) is 0 Å². The zero-order valence-corrected chi connectivity index (χ0v) is 20.0. The standard InChI is InChI=1S/C22H25F3N6O4S/c23-22(24,25)20(32)27-8-12-10-31-19(35-11-12)18(9-28-31)36(26,34)30-21(33)29-17-7-13-3-1-4-14(13)15-5-2-6-16(15)17/h7,9,12H,1-6,8,10-11H2,(H,27,32)(H3,26,29,30,33,34). The van der Waals surface area contributed by atoms with Gasteiger partial charge in [-0.2, -0.15) is 18.3 Å². The smallest absolute Gasteiger partial charge is 0.471 e. The van der Waals surface area contributed by atoms with Crippen LogP contribution in [0.3, 0.4) is 0 Å². The topological polar surface area (TPSA) is 141 Å². The average Bonchev–Trinajstić information content (AvgIpc) is 3.54. The first-order valence-electron chi connectivity index (χ1n) is 11.6. The van der Waals surface area contributed by atoms with E-state index in [-0.39, 0.29) is 30.5 Å². The summed E-state index contributed by atoms with van der Waals surface area (Å²) in [6, 6.07) is 1.12. The number of hydrogen-bond donors (Lipinski definition) is 3. The molecule has 0 radical (unpaired) electrons. The Labute approximate surface area is 205 Å². The van der Waals surface area contributed by atoms with Gasteiger partial charge in [0.05, 0.1) is 19.3 Å². The van der Waals surface area contributed by atoms with Crippen LogP contribution in [0.15, 0.2) is 21.5 Å². The molecule has 4 N–H and O–H groups in total. The Kier molecular flexibility index (Phi) is 6.19. The van der Waals surface area contributed by atoms with Crippen molar-refractivity contribution in [2.45, 2.75) is 56.1 Å². The second-order valence-electron chi connectivity index (χ2n) is 9.20. The summed E-state index contributed by atoms with van der Waals surface area (Å²) in [7, 11) is -3.73. The zero-order chi connectivity index (χ0) is 25.7. The van der Waals surface area contributed by atoms with Crippen molar-refractivity contribution in [2.24, 2.45) is 15.4 Å². The van der Waals surface area contributed by atoms with Gasteiger partial charge in [-0.05, 0) is 66.8 Å². The van der Waals surface area contributed by atoms with Gasteiger partial charge in [0.1, 0.15) is 4.90 Å². The predicted molar refractivity (Wildman–Crippen MR) is 123 cm³/mol. The fourth-order valence-corrected chi connectivity index (χ4v) is 6.12. The Morgan fingerprint density at radius 3 is 2.69 bits per heavy atom. The molecule has 3 aliphatic rings. The Bertz CT molecular complexity index is 1360. The van der Waals surface area contributed by atoms with Crippen LogP contribution in [-0.2, 0) is 46.9 Å². The molecule has 0 spiro atoms. The van der Waals surface area contributed by atoms with Crippen LogP contribution >= 0.6 is 0 Å². The summed E-state index contributed by atoms with van der Waals surface area (Å²) in [6.07, 6.45) is 2.12. The van der Waals surface area contributed by atoms with Gasteiger partial charge in [-0.25, -0.2) is 18.8 Å². The van der Waals surface area contributed by atoms with Crippen molar-refractivity contribution in [2.75, 3.05) is 18.5 Å². The van der Waals surface area contributed by atoms with E-state index in [1.165, 1.54) is 21.4 Å². The van der Waals surface area contributed by atoms with Crippen molar-refractivity contribution in [3.8, 4) is 5.88 Å². The van der Waals surface area contributed by atoms with Gasteiger partial charge < -0.3 is 15.4 Å². The summed E-state index contributed by atoms with van der Waals surface area (Å²) >= 11 is 0. The number of rotatable bonds is 4. The van der Waals surface area contributed by atoms with E-state index in [0.717, 1.165) is 50.3 Å². The molecule has 2 aromatic rings. The molecule has 14 heteroatoms. The predicted octanol–water partition coefficient (Wildman–Crippen LogP) is 2.48. The first kappa shape index (κ1) is 24.6. The molecule has 0 fully saturated rings. The number of anilines is 1. The number of halogens is 3. The number of nitrogens with zero attached hydrogens (tertiary/aromatic N) is 3. The van der Waals surface area contributed by atoms with E-state index in [4.69, 9.17) is 9.88 Å². The van der Waals surface area contributed by atoms with Crippen LogP contribution in [0.1, 0.15) is 35.1 Å². The van der Waals surface area contributed by atoms with Gasteiger partial charge in [0.2, 0.25) is 5.88 Å². The number of ether oxygens (including phenoxy) is 1. The van der Waals surface area contributed by atoms with Crippen LogP contribution in [0.5, 0.6) is 5.88 Å². The minimum Gasteiger partial charge on any atom is -0.476 e. The number of nitrogens with one attached hydrogen (secondary N) is 2. The van der Waals surface area contributed by atoms with Gasteiger partial charge in [0, 0.05) is 18.2 Å². The van der Waals surface area contributed by atoms with Crippen molar-refractivity contribution in [1.29, 1.82) is 0 Å². The molecule has 2 atom stereocenters. The second-order valence-corrected chi connectivity index (χ2v) is 11.0. The van der Waals surface area contributed by atoms with Gasteiger partial charge in [-0.1, -0.05) is 0 Å². The van der Waals surface area contributed by atoms with Crippen LogP contribution in [0.25, 0.3) is 0 Å². The van der Waals surface area contributed by atoms with Crippen molar-refractivity contribution in [3.63, 3.8) is 0 Å². The zero-order valence-electron chi connectivity index (χ0n) is 19.2. The van der Waals surface area contributed by atoms with Gasteiger partial charge in [0.25, 0.3) is 0 Å². The lowest BCUT2D eigenvalue weighted by molar-refractivity contribution is -0.173. The molecular weight excluding hydrogens is 501 g/mol. The lowest BCUT2D eigenvalue weighted by Crippen LogP contribution is -2.42. The highest BCUT2D eigenvalue weighted by molar-refractivity contribution is 7.91. The average molecular weight is 527 g/mol. The van der Waals surface area contributed by atoms with E-state index in [0.29, 0.717) is 5.69 Å². The minimum atomic E-state index is -4.98. The van der Waals surface area contributed by atoms with E-state index < -0.39 is 33.9 Å². The Hall–Kier alpha value is -3.13. The van der Waals surface area contributed by atoms with Crippen molar-refractivity contribution >= 4 is 27.5 Å². The summed E-state index contributed by atoms with van der Waals surface area (Å²) in [4.78, 5) is 23.7. The maximum absolute atomic E-state index is 13.2. The van der Waals surface area contributed by atoms with Gasteiger partial charge in [-0.15, -0.1) is 4.36 Å². The molecule has 1 aromatic carbocycles. The quantitative estimate of drug-likeness (QED) is 0.562. The van der Waals surface area contributed by atoms with E-state index >= 15 is 0 Å².